The molecule has 10 heterocycles. The first-order valence-corrected chi connectivity index (χ1v) is 44.9. The number of aryl methyl sites for hydroxylation is 4. The molecule has 15 rings (SSSR count). The fourth-order valence-electron chi connectivity index (χ4n) is 16.5. The van der Waals surface area contributed by atoms with Crippen molar-refractivity contribution in [1.82, 2.24) is 69.0 Å². The standard InChI is InChI=1S/C43H58N4O12.C22H30N6O4S.C20H27N5O2.C5H5N3O/c1-21-12-11-13-22(2)42(55)45-33-28(20-44-47-17-15-46(9)16-18-47)37(52)30-31(38(33)53)36(51)26(6)40-32(30)41(54)43(8,59-40)57-19-14-29(56-10)23(3)39(58-27(7)48)25(5)35(50)24(4)34(21)49;1-5-7-17-19-20(27(4)25-17)22(29)24-21(23-19)16-14-15(8-9-18(16)32-6-2)33(30,31)28-12-10-26(3)11-13-28;26-20-12-9-15-14-17(10-11-18(15)21-20)27-13-5-4-8-19-22-23-24-25(19)16-6-2-1-3-7-16;6-5(9)4-3-7-1-2-8-4/h11-14,19-21,23-25,29,34-35,39,49-53H,15-18H2,1-10H3,(H,45,55);8-9,14H,5-7,10-13H2,1-4H3,(H,23,24,29);10-11,14,16H,1-9,12-13H2,(H,21,26);1-3H,(H2,6,9)/b12-11+,19-14+,22-13-,44-20+;;;/t21-,23+,24+,25+,29-,34-,35+,39+,43-;;;/m0.../s1. The number of hydrogen-bond acceptors (Lipinski definition) is 30. The topological polar surface area (TPSA) is 484 Å². The number of anilines is 2. The van der Waals surface area contributed by atoms with Crippen LogP contribution < -0.4 is 36.1 Å². The normalized spacial score (nSPS) is 23.2. The van der Waals surface area contributed by atoms with Gasteiger partial charge in [-0.1, -0.05) is 78.5 Å². The second-order valence-electron chi connectivity index (χ2n) is 33.3. The SMILES string of the molecule is CCCc1nn(C)c2c(=O)[nH]c(-c3cc(S(=O)(=O)N4CCN(C)CC4)ccc3OCC)nc12.CO[C@H]1/C=C/O[C@@]2(C)Oc3c(C)c(O)c4c(O)c(c(/C=N/N5CCN(C)CC5)c(O)c4c3C2=O)NC(=O)/C(C)=C\C=C\[C@H](C)[C@H](O)[C@@H](C)[C@@H](O)[C@@H](C)[C@H](OC(C)=O)[C@@H]1C.NC(=O)c1cnccn1.O=C1CCc2cc(OCCCCc3nnnn3C3CCCCC3)ccc2N1. The fraction of sp³-hybridized carbons (Fsp3) is 0.511. The minimum Gasteiger partial charge on any atom is -0.507 e. The number of fused-ring (bicyclic) bond motifs is 16. The molecule has 38 heteroatoms. The number of tetrazole rings is 1. The Morgan fingerprint density at radius 1 is 0.812 bits per heavy atom. The predicted molar refractivity (Wildman–Crippen MR) is 479 cm³/mol. The molecule has 2 saturated heterocycles. The molecule has 8 aromatic rings. The van der Waals surface area contributed by atoms with Crippen molar-refractivity contribution in [3.05, 3.63) is 141 Å². The summed E-state index contributed by atoms with van der Waals surface area (Å²) in [6.45, 7) is 22.2. The monoisotopic (exact) mass is 1790 g/mol. The molecule has 0 radical (unpaired) electrons. The number of nitrogens with zero attached hydrogens (tertiary/aromatic N) is 14. The number of benzene rings is 4. The maximum atomic E-state index is 14.4. The Labute approximate surface area is 743 Å². The van der Waals surface area contributed by atoms with E-state index in [9.17, 15) is 62.7 Å². The van der Waals surface area contributed by atoms with Gasteiger partial charge in [-0.3, -0.25) is 43.4 Å². The maximum Gasteiger partial charge on any atom is 0.312 e. The number of piperazine rings is 2. The number of ether oxygens (including phenoxy) is 6. The van der Waals surface area contributed by atoms with Crippen LogP contribution in [0.5, 0.6) is 34.5 Å². The lowest BCUT2D eigenvalue weighted by molar-refractivity contribution is -0.160. The number of primary amides is 1. The molecular formula is C90H120N18O19S. The zero-order chi connectivity index (χ0) is 92.6. The predicted octanol–water partition coefficient (Wildman–Crippen LogP) is 8.99. The lowest BCUT2D eigenvalue weighted by Crippen LogP contribution is -2.47. The van der Waals surface area contributed by atoms with Crippen LogP contribution in [-0.4, -0.2) is 256 Å². The number of carbonyl (C=O) groups is 5. The summed E-state index contributed by atoms with van der Waals surface area (Å²) in [7, 11) is 3.41. The molecule has 10 N–H and O–H groups in total. The number of aliphatic hydroxyl groups excluding tert-OH is 2. The average Bonchev–Trinajstić information content (AvgIpc) is 1.51. The van der Waals surface area contributed by atoms with E-state index in [1.54, 1.807) is 70.1 Å². The van der Waals surface area contributed by atoms with E-state index in [0.717, 1.165) is 73.7 Å². The number of amides is 3. The van der Waals surface area contributed by atoms with Gasteiger partial charge in [0.1, 0.15) is 51.9 Å². The first-order chi connectivity index (χ1) is 61.1. The van der Waals surface area contributed by atoms with Gasteiger partial charge in [-0.15, -0.1) is 5.10 Å². The molecule has 0 unspecified atom stereocenters. The number of phenolic OH excluding ortho intramolecular Hbond substituents is 3. The van der Waals surface area contributed by atoms with E-state index in [-0.39, 0.29) is 72.4 Å². The molecule has 9 atom stereocenters. The summed E-state index contributed by atoms with van der Waals surface area (Å²) in [6.07, 6.45) is 21.1. The van der Waals surface area contributed by atoms with Crippen molar-refractivity contribution < 1.29 is 86.3 Å². The number of unbranched alkanes of at least 4 members (excludes halogenated alkanes) is 1. The molecule has 5 bridgehead atoms. The summed E-state index contributed by atoms with van der Waals surface area (Å²) in [5.74, 6) is -6.21. The lowest BCUT2D eigenvalue weighted by Gasteiger charge is -2.38. The molecule has 1 saturated carbocycles. The van der Waals surface area contributed by atoms with Gasteiger partial charge in [0, 0.05) is 151 Å². The quantitative estimate of drug-likeness (QED) is 0.0120. The number of aromatic nitrogens is 10. The number of H-pyrrole nitrogens is 1. The van der Waals surface area contributed by atoms with E-state index in [0.29, 0.717) is 93.7 Å². The van der Waals surface area contributed by atoms with Crippen LogP contribution in [0.15, 0.2) is 106 Å². The second kappa shape index (κ2) is 43.3. The first-order valence-electron chi connectivity index (χ1n) is 43.4. The van der Waals surface area contributed by atoms with Crippen LogP contribution in [0.3, 0.4) is 0 Å². The van der Waals surface area contributed by atoms with Crippen LogP contribution >= 0.6 is 0 Å². The molecule has 4 aromatic heterocycles. The number of allylic oxidation sites excluding steroid dienone is 2. The second-order valence-corrected chi connectivity index (χ2v) is 35.2. The molecule has 0 spiro atoms. The zero-order valence-electron chi connectivity index (χ0n) is 75.1. The molecule has 7 aliphatic rings. The third-order valence-electron chi connectivity index (χ3n) is 24.1. The number of rotatable bonds is 19. The van der Waals surface area contributed by atoms with Crippen LogP contribution in [0.4, 0.5) is 11.4 Å². The van der Waals surface area contributed by atoms with Crippen molar-refractivity contribution in [3.8, 4) is 45.9 Å². The minimum atomic E-state index is -3.70. The maximum absolute atomic E-state index is 14.4. The molecule has 3 fully saturated rings. The summed E-state index contributed by atoms with van der Waals surface area (Å²) in [4.78, 5) is 94.3. The number of aliphatic hydroxyl groups is 2. The number of hydrazone groups is 1. The number of hydrogen-bond donors (Lipinski definition) is 9. The summed E-state index contributed by atoms with van der Waals surface area (Å²) in [5, 5.41) is 86.5. The Balaban J connectivity index is 0.000000191. The van der Waals surface area contributed by atoms with Crippen molar-refractivity contribution in [3.63, 3.8) is 0 Å². The molecule has 690 valence electrons. The van der Waals surface area contributed by atoms with Crippen LogP contribution in [0.2, 0.25) is 0 Å². The van der Waals surface area contributed by atoms with Crippen molar-refractivity contribution in [1.29, 1.82) is 0 Å². The van der Waals surface area contributed by atoms with Gasteiger partial charge in [0.2, 0.25) is 15.9 Å². The number of nitrogens with two attached hydrogens (primary N) is 1. The van der Waals surface area contributed by atoms with E-state index in [1.807, 2.05) is 46.1 Å². The molecule has 1 aliphatic carbocycles. The molecule has 128 heavy (non-hydrogen) atoms. The summed E-state index contributed by atoms with van der Waals surface area (Å²) in [5.41, 5.74) is 8.52. The van der Waals surface area contributed by atoms with Gasteiger partial charge >= 0.3 is 11.8 Å². The zero-order valence-corrected chi connectivity index (χ0v) is 75.9. The number of aromatic amines is 1. The third kappa shape index (κ3) is 22.6. The number of aromatic hydroxyl groups is 3. The Kier molecular flexibility index (Phi) is 32.8. The number of Topliss-reactive ketones (excluding diaryl/α,β-unsaturated/α-hetero) is 1. The largest absolute Gasteiger partial charge is 0.507 e. The van der Waals surface area contributed by atoms with E-state index >= 15 is 0 Å². The number of carbonyl (C=O) groups excluding carboxylic acids is 5. The highest BCUT2D eigenvalue weighted by molar-refractivity contribution is 7.89. The number of likely N-dealkylation sites (N-methyl/N-ethyl adjacent to an activating group) is 2. The highest BCUT2D eigenvalue weighted by atomic mass is 32.2. The smallest absolute Gasteiger partial charge is 0.312 e. The first kappa shape index (κ1) is 96.8. The van der Waals surface area contributed by atoms with E-state index in [1.165, 1.54) is 119 Å². The van der Waals surface area contributed by atoms with E-state index < -0.39 is 105 Å². The Morgan fingerprint density at radius 2 is 1.53 bits per heavy atom. The van der Waals surface area contributed by atoms with Crippen LogP contribution in [0, 0.1) is 30.6 Å². The van der Waals surface area contributed by atoms with Crippen molar-refractivity contribution in [2.75, 3.05) is 97.4 Å². The number of methoxy groups -OCH3 is 1. The molecule has 6 aliphatic heterocycles. The lowest BCUT2D eigenvalue weighted by atomic mass is 9.78. The summed E-state index contributed by atoms with van der Waals surface area (Å²) >= 11 is 0. The van der Waals surface area contributed by atoms with Crippen LogP contribution in [-0.2, 0) is 64.9 Å². The molecule has 4 aromatic carbocycles. The van der Waals surface area contributed by atoms with Crippen LogP contribution in [0.25, 0.3) is 33.2 Å². The number of ketones is 1. The number of nitrogens with one attached hydrogen (secondary N) is 3. The number of sulfonamides is 1. The average molecular weight is 1790 g/mol. The minimum absolute atomic E-state index is 0.0559. The van der Waals surface area contributed by atoms with E-state index in [4.69, 9.17) is 39.1 Å². The highest BCUT2D eigenvalue weighted by Crippen LogP contribution is 2.55. The summed E-state index contributed by atoms with van der Waals surface area (Å²) in [6, 6.07) is 11.1. The Bertz CT molecular complexity index is 5600. The fourth-order valence-corrected chi connectivity index (χ4v) is 17.9. The van der Waals surface area contributed by atoms with Gasteiger partial charge in [-0.25, -0.2) is 23.1 Å². The van der Waals surface area contributed by atoms with Gasteiger partial charge in [0.25, 0.3) is 23.2 Å². The van der Waals surface area contributed by atoms with Crippen molar-refractivity contribution in [2.45, 2.75) is 187 Å². The summed E-state index contributed by atoms with van der Waals surface area (Å²) < 4.78 is 67.0. The Morgan fingerprint density at radius 3 is 2.20 bits per heavy atom. The number of esters is 1. The van der Waals surface area contributed by atoms with Crippen LogP contribution in [0.1, 0.15) is 175 Å². The highest BCUT2D eigenvalue weighted by Gasteiger charge is 2.50. The third-order valence-corrected chi connectivity index (χ3v) is 25.9. The molecule has 37 nitrogen and oxygen atoms in total. The Hall–Kier alpha value is -11.8. The van der Waals surface area contributed by atoms with Gasteiger partial charge < -0.3 is 85.1 Å². The van der Waals surface area contributed by atoms with Gasteiger partial charge in [0.15, 0.2) is 17.1 Å². The van der Waals surface area contributed by atoms with Gasteiger partial charge in [0.05, 0.1) is 94.6 Å². The molecular weight excluding hydrogens is 1670 g/mol. The number of phenols is 3. The van der Waals surface area contributed by atoms with E-state index in [2.05, 4.69) is 65.8 Å². The van der Waals surface area contributed by atoms with Gasteiger partial charge in [-0.05, 0) is 132 Å². The van der Waals surface area contributed by atoms with Crippen molar-refractivity contribution in [2.24, 2.45) is 41.6 Å². The van der Waals surface area contributed by atoms with Crippen molar-refractivity contribution >= 4 is 78.9 Å². The van der Waals surface area contributed by atoms with Gasteiger partial charge in [-0.2, -0.15) is 14.5 Å². The molecule has 3 amide bonds.